The van der Waals surface area contributed by atoms with Crippen LogP contribution in [0, 0.1) is 5.92 Å². The maximum atomic E-state index is 12.4. The van der Waals surface area contributed by atoms with Crippen molar-refractivity contribution in [2.75, 3.05) is 19.0 Å². The molecule has 0 spiro atoms. The van der Waals surface area contributed by atoms with Crippen LogP contribution in [0.1, 0.15) is 24.2 Å². The van der Waals surface area contributed by atoms with Gasteiger partial charge < -0.3 is 4.74 Å². The molecule has 1 aliphatic rings. The molecule has 1 fully saturated rings. The molecule has 106 valence electrons. The lowest BCUT2D eigenvalue weighted by atomic mass is 10.1. The number of hydrogen-bond donors (Lipinski definition) is 0. The van der Waals surface area contributed by atoms with Crippen molar-refractivity contribution >= 4 is 33.0 Å². The first-order chi connectivity index (χ1) is 8.90. The molecule has 1 aliphatic heterocycles. The predicted octanol–water partition coefficient (Wildman–Crippen LogP) is 3.51. The SMILES string of the molecule is C[C@H](c1ccc(Cl)c(Cl)c1)S(=O)(=O)C[C@@H]1CCOC1. The number of benzene rings is 1. The van der Waals surface area contributed by atoms with Crippen LogP contribution in [0.5, 0.6) is 0 Å². The molecule has 1 aromatic carbocycles. The van der Waals surface area contributed by atoms with Gasteiger partial charge in [0.05, 0.1) is 27.7 Å². The quantitative estimate of drug-likeness (QED) is 0.852. The van der Waals surface area contributed by atoms with Gasteiger partial charge in [0, 0.05) is 6.61 Å². The second-order valence-electron chi connectivity index (χ2n) is 4.87. The highest BCUT2D eigenvalue weighted by molar-refractivity contribution is 7.91. The molecule has 0 bridgehead atoms. The molecule has 2 atom stereocenters. The van der Waals surface area contributed by atoms with Gasteiger partial charge in [-0.3, -0.25) is 0 Å². The Kier molecular flexibility index (Phi) is 4.77. The zero-order valence-corrected chi connectivity index (χ0v) is 12.9. The van der Waals surface area contributed by atoms with E-state index in [9.17, 15) is 8.42 Å². The minimum Gasteiger partial charge on any atom is -0.381 e. The van der Waals surface area contributed by atoms with Crippen LogP contribution < -0.4 is 0 Å². The van der Waals surface area contributed by atoms with Gasteiger partial charge in [-0.25, -0.2) is 8.42 Å². The summed E-state index contributed by atoms with van der Waals surface area (Å²) in [6.07, 6.45) is 0.813. The molecule has 0 N–H and O–H groups in total. The van der Waals surface area contributed by atoms with Crippen molar-refractivity contribution in [2.24, 2.45) is 5.92 Å². The van der Waals surface area contributed by atoms with Crippen LogP contribution in [0.2, 0.25) is 10.0 Å². The fourth-order valence-electron chi connectivity index (χ4n) is 2.16. The lowest BCUT2D eigenvalue weighted by molar-refractivity contribution is 0.188. The molecule has 0 aromatic heterocycles. The third-order valence-electron chi connectivity index (χ3n) is 3.44. The first-order valence-electron chi connectivity index (χ1n) is 6.14. The molecule has 19 heavy (non-hydrogen) atoms. The number of halogens is 2. The summed E-state index contributed by atoms with van der Waals surface area (Å²) < 4.78 is 29.9. The van der Waals surface area contributed by atoms with E-state index >= 15 is 0 Å². The Morgan fingerprint density at radius 3 is 2.68 bits per heavy atom. The molecule has 6 heteroatoms. The summed E-state index contributed by atoms with van der Waals surface area (Å²) in [4.78, 5) is 0. The minimum absolute atomic E-state index is 0.107. The highest BCUT2D eigenvalue weighted by Gasteiger charge is 2.28. The van der Waals surface area contributed by atoms with Crippen LogP contribution in [0.3, 0.4) is 0 Å². The van der Waals surface area contributed by atoms with Crippen LogP contribution in [-0.2, 0) is 14.6 Å². The normalized spacial score (nSPS) is 21.5. The lowest BCUT2D eigenvalue weighted by Gasteiger charge is -2.16. The van der Waals surface area contributed by atoms with Gasteiger partial charge in [-0.2, -0.15) is 0 Å². The summed E-state index contributed by atoms with van der Waals surface area (Å²) in [5.41, 5.74) is 0.674. The highest BCUT2D eigenvalue weighted by Crippen LogP contribution is 2.30. The van der Waals surface area contributed by atoms with Gasteiger partial charge in [0.2, 0.25) is 0 Å². The van der Waals surface area contributed by atoms with Crippen LogP contribution in [0.15, 0.2) is 18.2 Å². The largest absolute Gasteiger partial charge is 0.381 e. The van der Waals surface area contributed by atoms with E-state index in [4.69, 9.17) is 27.9 Å². The van der Waals surface area contributed by atoms with Gasteiger partial charge in [0.1, 0.15) is 0 Å². The molecule has 0 unspecified atom stereocenters. The monoisotopic (exact) mass is 322 g/mol. The van der Waals surface area contributed by atoms with Crippen molar-refractivity contribution < 1.29 is 13.2 Å². The van der Waals surface area contributed by atoms with Gasteiger partial charge in [-0.05, 0) is 37.0 Å². The summed E-state index contributed by atoms with van der Waals surface area (Å²) >= 11 is 11.8. The standard InChI is InChI=1S/C13H16Cl2O3S/c1-9(11-2-3-12(14)13(15)6-11)19(16,17)8-10-4-5-18-7-10/h2-3,6,9-10H,4-5,7-8H2,1H3/t9-,10-/m1/s1. The first-order valence-corrected chi connectivity index (χ1v) is 8.61. The Morgan fingerprint density at radius 2 is 2.11 bits per heavy atom. The zero-order valence-electron chi connectivity index (χ0n) is 10.6. The topological polar surface area (TPSA) is 43.4 Å². The van der Waals surface area contributed by atoms with Crippen LogP contribution >= 0.6 is 23.2 Å². The third-order valence-corrected chi connectivity index (χ3v) is 6.47. The smallest absolute Gasteiger partial charge is 0.157 e. The van der Waals surface area contributed by atoms with E-state index in [1.54, 1.807) is 25.1 Å². The summed E-state index contributed by atoms with van der Waals surface area (Å²) in [6, 6.07) is 4.96. The number of hydrogen-bond acceptors (Lipinski definition) is 3. The van der Waals surface area contributed by atoms with E-state index in [-0.39, 0.29) is 11.7 Å². The summed E-state index contributed by atoms with van der Waals surface area (Å²) in [7, 11) is -3.21. The second-order valence-corrected chi connectivity index (χ2v) is 8.06. The Hall–Kier alpha value is -0.290. The van der Waals surface area contributed by atoms with E-state index in [0.717, 1.165) is 6.42 Å². The summed E-state index contributed by atoms with van der Waals surface area (Å²) in [6.45, 7) is 2.87. The van der Waals surface area contributed by atoms with Gasteiger partial charge >= 0.3 is 0 Å². The Morgan fingerprint density at radius 1 is 1.37 bits per heavy atom. The predicted molar refractivity (Wildman–Crippen MR) is 77.6 cm³/mol. The van der Waals surface area contributed by atoms with Gasteiger partial charge in [0.25, 0.3) is 0 Å². The van der Waals surface area contributed by atoms with Crippen LogP contribution in [0.25, 0.3) is 0 Å². The van der Waals surface area contributed by atoms with Crippen molar-refractivity contribution in [1.29, 1.82) is 0 Å². The van der Waals surface area contributed by atoms with Gasteiger partial charge in [-0.1, -0.05) is 29.3 Å². The summed E-state index contributed by atoms with van der Waals surface area (Å²) in [5, 5.41) is 0.229. The second kappa shape index (κ2) is 6.00. The molecule has 2 rings (SSSR count). The molecule has 1 saturated heterocycles. The molecular formula is C13H16Cl2O3S. The molecular weight excluding hydrogens is 307 g/mol. The third kappa shape index (κ3) is 3.63. The lowest BCUT2D eigenvalue weighted by Crippen LogP contribution is -2.21. The van der Waals surface area contributed by atoms with Crippen molar-refractivity contribution in [3.05, 3.63) is 33.8 Å². The molecule has 3 nitrogen and oxygen atoms in total. The van der Waals surface area contributed by atoms with Crippen molar-refractivity contribution in [2.45, 2.75) is 18.6 Å². The van der Waals surface area contributed by atoms with Crippen LogP contribution in [-0.4, -0.2) is 27.4 Å². The number of ether oxygens (including phenoxy) is 1. The minimum atomic E-state index is -3.21. The molecule has 1 heterocycles. The zero-order chi connectivity index (χ0) is 14.0. The molecule has 0 radical (unpaired) electrons. The van der Waals surface area contributed by atoms with Crippen molar-refractivity contribution in [1.82, 2.24) is 0 Å². The Labute approximate surface area is 123 Å². The van der Waals surface area contributed by atoms with Crippen LogP contribution in [0.4, 0.5) is 0 Å². The van der Waals surface area contributed by atoms with E-state index < -0.39 is 15.1 Å². The molecule has 0 amide bonds. The fourth-order valence-corrected chi connectivity index (χ4v) is 4.24. The Balaban J connectivity index is 2.16. The fraction of sp³-hybridized carbons (Fsp3) is 0.538. The van der Waals surface area contributed by atoms with Gasteiger partial charge in [-0.15, -0.1) is 0 Å². The molecule has 0 aliphatic carbocycles. The van der Waals surface area contributed by atoms with E-state index in [2.05, 4.69) is 0 Å². The van der Waals surface area contributed by atoms with Gasteiger partial charge in [0.15, 0.2) is 9.84 Å². The summed E-state index contributed by atoms with van der Waals surface area (Å²) in [5.74, 6) is 0.268. The van der Waals surface area contributed by atoms with Crippen molar-refractivity contribution in [3.63, 3.8) is 0 Å². The Bertz CT molecular complexity index is 551. The average molecular weight is 323 g/mol. The maximum Gasteiger partial charge on any atom is 0.157 e. The molecule has 1 aromatic rings. The van der Waals surface area contributed by atoms with E-state index in [1.807, 2.05) is 0 Å². The number of sulfone groups is 1. The van der Waals surface area contributed by atoms with E-state index in [1.165, 1.54) is 0 Å². The van der Waals surface area contributed by atoms with E-state index in [0.29, 0.717) is 28.8 Å². The van der Waals surface area contributed by atoms with Crippen molar-refractivity contribution in [3.8, 4) is 0 Å². The number of rotatable bonds is 4. The molecule has 0 saturated carbocycles. The highest BCUT2D eigenvalue weighted by atomic mass is 35.5. The average Bonchev–Trinajstić information content (AvgIpc) is 2.83. The first kappa shape index (κ1) is 15.1. The maximum absolute atomic E-state index is 12.4.